The Morgan fingerprint density at radius 2 is 1.81 bits per heavy atom. The Bertz CT molecular complexity index is 859. The van der Waals surface area contributed by atoms with Crippen molar-refractivity contribution in [2.45, 2.75) is 31.2 Å². The second kappa shape index (κ2) is 6.11. The van der Waals surface area contributed by atoms with Gasteiger partial charge in [0, 0.05) is 5.54 Å². The summed E-state index contributed by atoms with van der Waals surface area (Å²) in [4.78, 5) is 9.95. The number of nitro groups is 1. The van der Waals surface area contributed by atoms with Gasteiger partial charge in [0.25, 0.3) is 0 Å². The highest BCUT2D eigenvalue weighted by Crippen LogP contribution is 2.19. The first-order chi connectivity index (χ1) is 9.53. The van der Waals surface area contributed by atoms with Crippen LogP contribution in [-0.4, -0.2) is 28.9 Å². The molecular weight excluding hydrogens is 332 g/mol. The molecule has 0 spiro atoms. The lowest BCUT2D eigenvalue weighted by Crippen LogP contribution is -2.42. The van der Waals surface area contributed by atoms with Crippen molar-refractivity contribution in [1.82, 2.24) is 4.72 Å². The maximum absolute atomic E-state index is 12.3. The molecule has 1 aromatic rings. The highest BCUT2D eigenvalue weighted by Gasteiger charge is 2.30. The van der Waals surface area contributed by atoms with E-state index in [2.05, 4.69) is 39.2 Å². The van der Waals surface area contributed by atoms with E-state index in [1.54, 1.807) is 20.8 Å². The van der Waals surface area contributed by atoms with Crippen molar-refractivity contribution in [3.63, 3.8) is 0 Å². The first-order valence-electron chi connectivity index (χ1n) is 5.65. The van der Waals surface area contributed by atoms with Crippen LogP contribution in [0.4, 0.5) is 5.69 Å². The fourth-order valence-corrected chi connectivity index (χ4v) is 3.59. The molecule has 6 nitrogen and oxygen atoms in total. The van der Waals surface area contributed by atoms with Crippen molar-refractivity contribution in [3.05, 3.63) is 32.7 Å². The summed E-state index contributed by atoms with van der Waals surface area (Å²) in [7, 11) is -4.09. The van der Waals surface area contributed by atoms with Gasteiger partial charge in [-0.2, -0.15) is 0 Å². The normalized spacial score (nSPS) is 11.6. The van der Waals surface area contributed by atoms with Crippen LogP contribution in [0.25, 0.3) is 0 Å². The summed E-state index contributed by atoms with van der Waals surface area (Å²) in [5, 5.41) is 15.7. The van der Waals surface area contributed by atoms with Gasteiger partial charge in [-0.1, -0.05) is 0 Å². The van der Waals surface area contributed by atoms with E-state index >= 15 is 0 Å². The molecule has 1 N–H and O–H groups in total. The van der Waals surface area contributed by atoms with E-state index in [0.29, 0.717) is 0 Å². The van der Waals surface area contributed by atoms with Gasteiger partial charge in [0.15, 0.2) is 4.90 Å². The monoisotopic (exact) mass is 344 g/mol. The highest BCUT2D eigenvalue weighted by molar-refractivity contribution is 7.89. The summed E-state index contributed by atoms with van der Waals surface area (Å²) in [5.74, 6) is 0. The SMILES string of the molecule is CC(C)(C)NS(=O)(=O)c1ccc(=C=S)c(=C=S)c1[N+](=O)[O-]. The summed E-state index contributed by atoms with van der Waals surface area (Å²) in [6.45, 7) is 4.88. The van der Waals surface area contributed by atoms with Crippen molar-refractivity contribution in [2.75, 3.05) is 0 Å². The van der Waals surface area contributed by atoms with E-state index in [-0.39, 0.29) is 10.4 Å². The molecule has 0 aliphatic carbocycles. The largest absolute Gasteiger partial charge is 0.306 e. The van der Waals surface area contributed by atoms with E-state index < -0.39 is 31.1 Å². The lowest BCUT2D eigenvalue weighted by Gasteiger charge is -2.20. The third kappa shape index (κ3) is 4.01. The number of benzene rings is 1. The van der Waals surface area contributed by atoms with Crippen LogP contribution in [0.1, 0.15) is 20.8 Å². The van der Waals surface area contributed by atoms with E-state index in [9.17, 15) is 18.5 Å². The van der Waals surface area contributed by atoms with Crippen LogP contribution in [0.5, 0.6) is 0 Å². The van der Waals surface area contributed by atoms with Crippen LogP contribution in [0, 0.1) is 10.1 Å². The maximum atomic E-state index is 12.3. The lowest BCUT2D eigenvalue weighted by atomic mass is 10.1. The molecule has 0 radical (unpaired) electrons. The maximum Gasteiger partial charge on any atom is 0.306 e. The van der Waals surface area contributed by atoms with Crippen LogP contribution < -0.4 is 15.2 Å². The molecule has 1 aromatic carbocycles. The van der Waals surface area contributed by atoms with Crippen LogP contribution in [0.15, 0.2) is 17.0 Å². The van der Waals surface area contributed by atoms with Gasteiger partial charge >= 0.3 is 5.69 Å². The Balaban J connectivity index is 3.88. The zero-order chi connectivity index (χ0) is 16.4. The van der Waals surface area contributed by atoms with Gasteiger partial charge in [0.2, 0.25) is 10.0 Å². The minimum absolute atomic E-state index is 0.154. The zero-order valence-corrected chi connectivity index (χ0v) is 13.9. The van der Waals surface area contributed by atoms with Gasteiger partial charge in [-0.3, -0.25) is 10.1 Å². The van der Waals surface area contributed by atoms with E-state index in [4.69, 9.17) is 0 Å². The first-order valence-corrected chi connectivity index (χ1v) is 7.95. The molecule has 1 rings (SSSR count). The van der Waals surface area contributed by atoms with E-state index in [0.717, 1.165) is 6.07 Å². The predicted octanol–water partition coefficient (Wildman–Crippen LogP) is 0.212. The minimum atomic E-state index is -4.09. The van der Waals surface area contributed by atoms with Gasteiger partial charge in [0.1, 0.15) is 5.22 Å². The fourth-order valence-electron chi connectivity index (χ4n) is 1.62. The summed E-state index contributed by atoms with van der Waals surface area (Å²) in [6, 6.07) is 2.42. The van der Waals surface area contributed by atoms with Gasteiger partial charge in [-0.15, -0.1) is 0 Å². The van der Waals surface area contributed by atoms with Crippen LogP contribution in [0.2, 0.25) is 0 Å². The average molecular weight is 344 g/mol. The second-order valence-electron chi connectivity index (χ2n) is 5.15. The van der Waals surface area contributed by atoms with Gasteiger partial charge in [0.05, 0.1) is 10.1 Å². The summed E-state index contributed by atoms with van der Waals surface area (Å²) >= 11 is 9.23. The molecule has 0 aliphatic heterocycles. The highest BCUT2D eigenvalue weighted by atomic mass is 32.2. The average Bonchev–Trinajstić information content (AvgIpc) is 2.33. The predicted molar refractivity (Wildman–Crippen MR) is 85.8 cm³/mol. The molecule has 0 saturated heterocycles. The Morgan fingerprint density at radius 3 is 2.19 bits per heavy atom. The fraction of sp³-hybridized carbons (Fsp3) is 0.333. The van der Waals surface area contributed by atoms with Crippen LogP contribution in [0.3, 0.4) is 0 Å². The van der Waals surface area contributed by atoms with Gasteiger partial charge < -0.3 is 0 Å². The molecule has 0 fully saturated rings. The molecule has 0 saturated carbocycles. The molecule has 0 amide bonds. The molecule has 9 heteroatoms. The number of thiocarbonyl (C=S) groups is 2. The Morgan fingerprint density at radius 1 is 1.24 bits per heavy atom. The van der Waals surface area contributed by atoms with Crippen molar-refractivity contribution in [2.24, 2.45) is 0 Å². The van der Waals surface area contributed by atoms with Crippen molar-refractivity contribution >= 4 is 50.2 Å². The van der Waals surface area contributed by atoms with Crippen LogP contribution in [-0.2, 0) is 10.0 Å². The number of nitro benzene ring substituents is 1. The zero-order valence-electron chi connectivity index (χ0n) is 11.5. The van der Waals surface area contributed by atoms with Crippen molar-refractivity contribution in [3.8, 4) is 0 Å². The quantitative estimate of drug-likeness (QED) is 0.479. The Kier molecular flexibility index (Phi) is 5.11. The second-order valence-corrected chi connectivity index (χ2v) is 7.21. The Hall–Kier alpha value is -1.47. The van der Waals surface area contributed by atoms with Crippen molar-refractivity contribution in [1.29, 1.82) is 0 Å². The molecule has 0 bridgehead atoms. The lowest BCUT2D eigenvalue weighted by molar-refractivity contribution is -0.388. The summed E-state index contributed by atoms with van der Waals surface area (Å²) in [6.07, 6.45) is 0. The number of sulfonamides is 1. The number of hydrogen-bond donors (Lipinski definition) is 1. The molecule has 112 valence electrons. The first kappa shape index (κ1) is 17.6. The van der Waals surface area contributed by atoms with E-state index in [1.165, 1.54) is 6.07 Å². The third-order valence-corrected chi connectivity index (χ3v) is 4.48. The molecule has 0 heterocycles. The smallest absolute Gasteiger partial charge is 0.258 e. The van der Waals surface area contributed by atoms with E-state index in [1.807, 2.05) is 0 Å². The Labute approximate surface area is 132 Å². The molecule has 0 aliphatic rings. The molecular formula is C12H12N2O4S3. The summed E-state index contributed by atoms with van der Waals surface area (Å²) in [5.41, 5.74) is -1.44. The number of nitrogens with one attached hydrogen (secondary N) is 1. The molecule has 0 unspecified atom stereocenters. The van der Waals surface area contributed by atoms with Gasteiger partial charge in [-0.25, -0.2) is 13.1 Å². The van der Waals surface area contributed by atoms with Crippen molar-refractivity contribution < 1.29 is 13.3 Å². The number of rotatable bonds is 3. The third-order valence-electron chi connectivity index (χ3n) is 2.27. The number of nitrogens with zero attached hydrogens (tertiary/aromatic N) is 1. The minimum Gasteiger partial charge on any atom is -0.258 e. The standard InChI is InChI=1S/C12H12N2O4S3/c1-12(2,3)13-21(17,18)10-5-4-8(6-19)9(7-20)11(10)14(15)16/h4-5,13H,1-3H3. The number of hydrogen-bond acceptors (Lipinski definition) is 6. The van der Waals surface area contributed by atoms with Crippen LogP contribution >= 0.6 is 24.4 Å². The molecule has 0 aromatic heterocycles. The topological polar surface area (TPSA) is 89.3 Å². The summed E-state index contributed by atoms with van der Waals surface area (Å²) < 4.78 is 27.0. The molecule has 21 heavy (non-hydrogen) atoms. The van der Waals surface area contributed by atoms with Gasteiger partial charge in [-0.05, 0) is 67.4 Å². The molecule has 0 atom stereocenters.